The van der Waals surface area contributed by atoms with Gasteiger partial charge < -0.3 is 9.64 Å². The fourth-order valence-electron chi connectivity index (χ4n) is 2.24. The molecule has 0 N–H and O–H groups in total. The molecule has 2 aromatic rings. The molecule has 0 fully saturated rings. The Morgan fingerprint density at radius 1 is 1.26 bits per heavy atom. The molecule has 0 atom stereocenters. The predicted molar refractivity (Wildman–Crippen MR) is 77.6 cm³/mol. The number of ether oxygens (including phenoxy) is 1. The van der Waals surface area contributed by atoms with Gasteiger partial charge in [-0.05, 0) is 36.6 Å². The van der Waals surface area contributed by atoms with Crippen molar-refractivity contribution >= 4 is 23.1 Å². The number of nitrogens with zero attached hydrogens (tertiary/aromatic N) is 2. The van der Waals surface area contributed by atoms with Gasteiger partial charge in [-0.25, -0.2) is 4.98 Å². The molecule has 0 bridgehead atoms. The second kappa shape index (κ2) is 5.10. The Hall–Kier alpha value is -1.74. The third kappa shape index (κ3) is 2.51. The van der Waals surface area contributed by atoms with Crippen LogP contribution in [0.25, 0.3) is 0 Å². The van der Waals surface area contributed by atoms with E-state index < -0.39 is 0 Å². The maximum atomic E-state index is 5.86. The third-order valence-corrected chi connectivity index (χ3v) is 3.57. The first-order valence-electron chi connectivity index (χ1n) is 6.35. The van der Waals surface area contributed by atoms with E-state index in [9.17, 15) is 0 Å². The molecule has 3 rings (SSSR count). The molecule has 1 aromatic carbocycles. The first kappa shape index (κ1) is 12.3. The fraction of sp³-hybridized carbons (Fsp3) is 0.267. The number of benzene rings is 1. The largest absolute Gasteiger partial charge is 0.493 e. The van der Waals surface area contributed by atoms with Crippen molar-refractivity contribution in [3.63, 3.8) is 0 Å². The quantitative estimate of drug-likeness (QED) is 0.832. The number of halogens is 1. The molecule has 0 saturated carbocycles. The summed E-state index contributed by atoms with van der Waals surface area (Å²) in [5, 5.41) is 0.644. The number of fused-ring (bicyclic) bond motifs is 1. The smallest absolute Gasteiger partial charge is 0.132 e. The molecule has 2 heterocycles. The summed E-state index contributed by atoms with van der Waals surface area (Å²) in [4.78, 5) is 6.34. The standard InChI is InChI=1S/C15H15ClN2O/c1-18(15-7-5-12(16)10-17-15)13-6-4-11-3-2-8-19-14(11)9-13/h4-7,9-10H,2-3,8H2,1H3. The van der Waals surface area contributed by atoms with Crippen molar-refractivity contribution < 1.29 is 4.74 Å². The molecule has 0 unspecified atom stereocenters. The summed E-state index contributed by atoms with van der Waals surface area (Å²) < 4.78 is 5.70. The van der Waals surface area contributed by atoms with Crippen LogP contribution in [-0.4, -0.2) is 18.6 Å². The number of anilines is 2. The molecule has 98 valence electrons. The van der Waals surface area contributed by atoms with E-state index in [0.29, 0.717) is 5.02 Å². The zero-order valence-electron chi connectivity index (χ0n) is 10.8. The monoisotopic (exact) mass is 274 g/mol. The Labute approximate surface area is 117 Å². The van der Waals surface area contributed by atoms with Crippen LogP contribution in [0.3, 0.4) is 0 Å². The second-order valence-electron chi connectivity index (χ2n) is 4.64. The Bertz CT molecular complexity index is 583. The molecule has 19 heavy (non-hydrogen) atoms. The van der Waals surface area contributed by atoms with E-state index in [0.717, 1.165) is 36.7 Å². The first-order chi connectivity index (χ1) is 9.24. The molecule has 1 aliphatic rings. The number of aryl methyl sites for hydroxylation is 1. The Balaban J connectivity index is 1.91. The maximum absolute atomic E-state index is 5.86. The lowest BCUT2D eigenvalue weighted by Crippen LogP contribution is -2.13. The first-order valence-corrected chi connectivity index (χ1v) is 6.73. The number of hydrogen-bond donors (Lipinski definition) is 0. The van der Waals surface area contributed by atoms with Gasteiger partial charge in [0.25, 0.3) is 0 Å². The summed E-state index contributed by atoms with van der Waals surface area (Å²) in [6, 6.07) is 10.1. The van der Waals surface area contributed by atoms with Crippen LogP contribution < -0.4 is 9.64 Å². The number of hydrogen-bond acceptors (Lipinski definition) is 3. The summed E-state index contributed by atoms with van der Waals surface area (Å²) in [6.45, 7) is 0.805. The van der Waals surface area contributed by atoms with Crippen molar-refractivity contribution in [2.24, 2.45) is 0 Å². The van der Waals surface area contributed by atoms with Gasteiger partial charge in [-0.15, -0.1) is 0 Å². The van der Waals surface area contributed by atoms with Crippen molar-refractivity contribution in [2.75, 3.05) is 18.6 Å². The maximum Gasteiger partial charge on any atom is 0.132 e. The highest BCUT2D eigenvalue weighted by molar-refractivity contribution is 6.30. The Morgan fingerprint density at radius 3 is 2.95 bits per heavy atom. The van der Waals surface area contributed by atoms with Gasteiger partial charge in [0.1, 0.15) is 11.6 Å². The zero-order valence-corrected chi connectivity index (χ0v) is 11.5. The normalized spacial score (nSPS) is 13.6. The summed E-state index contributed by atoms with van der Waals surface area (Å²) in [5.41, 5.74) is 2.35. The van der Waals surface area contributed by atoms with Crippen molar-refractivity contribution in [1.82, 2.24) is 4.98 Å². The zero-order chi connectivity index (χ0) is 13.2. The van der Waals surface area contributed by atoms with E-state index in [2.05, 4.69) is 23.2 Å². The fourth-order valence-corrected chi connectivity index (χ4v) is 2.35. The lowest BCUT2D eigenvalue weighted by molar-refractivity contribution is 0.288. The lowest BCUT2D eigenvalue weighted by Gasteiger charge is -2.22. The van der Waals surface area contributed by atoms with E-state index in [1.165, 1.54) is 5.56 Å². The molecular formula is C15H15ClN2O. The number of aromatic nitrogens is 1. The molecular weight excluding hydrogens is 260 g/mol. The summed E-state index contributed by atoms with van der Waals surface area (Å²) in [6.07, 6.45) is 3.85. The Morgan fingerprint density at radius 2 is 2.16 bits per heavy atom. The van der Waals surface area contributed by atoms with Gasteiger partial charge in [0.05, 0.1) is 11.6 Å². The van der Waals surface area contributed by atoms with E-state index in [-0.39, 0.29) is 0 Å². The van der Waals surface area contributed by atoms with Gasteiger partial charge >= 0.3 is 0 Å². The third-order valence-electron chi connectivity index (χ3n) is 3.34. The van der Waals surface area contributed by atoms with Crippen molar-refractivity contribution in [3.05, 3.63) is 47.1 Å². The lowest BCUT2D eigenvalue weighted by atomic mass is 10.1. The predicted octanol–water partition coefficient (Wildman–Crippen LogP) is 3.83. The average Bonchev–Trinajstić information content (AvgIpc) is 2.47. The van der Waals surface area contributed by atoms with Gasteiger partial charge in [-0.2, -0.15) is 0 Å². The summed E-state index contributed by atoms with van der Waals surface area (Å²) in [5.74, 6) is 1.85. The Kier molecular flexibility index (Phi) is 3.30. The van der Waals surface area contributed by atoms with Gasteiger partial charge in [0, 0.05) is 25.0 Å². The molecule has 0 saturated heterocycles. The van der Waals surface area contributed by atoms with Crippen molar-refractivity contribution in [2.45, 2.75) is 12.8 Å². The molecule has 4 heteroatoms. The van der Waals surface area contributed by atoms with Crippen LogP contribution in [-0.2, 0) is 6.42 Å². The van der Waals surface area contributed by atoms with Crippen LogP contribution in [0.1, 0.15) is 12.0 Å². The van der Waals surface area contributed by atoms with Gasteiger partial charge in [-0.1, -0.05) is 17.7 Å². The average molecular weight is 275 g/mol. The summed E-state index contributed by atoms with van der Waals surface area (Å²) >= 11 is 5.86. The van der Waals surface area contributed by atoms with Crippen LogP contribution in [0.4, 0.5) is 11.5 Å². The molecule has 0 amide bonds. The van der Waals surface area contributed by atoms with Gasteiger partial charge in [0.2, 0.25) is 0 Å². The molecule has 3 nitrogen and oxygen atoms in total. The van der Waals surface area contributed by atoms with Gasteiger partial charge in [-0.3, -0.25) is 0 Å². The molecule has 0 spiro atoms. The molecule has 0 aliphatic carbocycles. The van der Waals surface area contributed by atoms with E-state index in [1.54, 1.807) is 6.20 Å². The van der Waals surface area contributed by atoms with E-state index >= 15 is 0 Å². The highest BCUT2D eigenvalue weighted by atomic mass is 35.5. The number of rotatable bonds is 2. The minimum Gasteiger partial charge on any atom is -0.493 e. The SMILES string of the molecule is CN(c1ccc2c(c1)OCCC2)c1ccc(Cl)cn1. The van der Waals surface area contributed by atoms with E-state index in [4.69, 9.17) is 16.3 Å². The van der Waals surface area contributed by atoms with Crippen molar-refractivity contribution in [1.29, 1.82) is 0 Å². The van der Waals surface area contributed by atoms with Crippen molar-refractivity contribution in [3.8, 4) is 5.75 Å². The van der Waals surface area contributed by atoms with E-state index in [1.807, 2.05) is 24.1 Å². The van der Waals surface area contributed by atoms with Crippen LogP contribution >= 0.6 is 11.6 Å². The minimum absolute atomic E-state index is 0.644. The highest BCUT2D eigenvalue weighted by Gasteiger charge is 2.13. The highest BCUT2D eigenvalue weighted by Crippen LogP contribution is 2.31. The molecule has 0 radical (unpaired) electrons. The van der Waals surface area contributed by atoms with Crippen LogP contribution in [0.5, 0.6) is 5.75 Å². The molecule has 1 aromatic heterocycles. The van der Waals surface area contributed by atoms with Crippen LogP contribution in [0.15, 0.2) is 36.5 Å². The second-order valence-corrected chi connectivity index (χ2v) is 5.07. The number of pyridine rings is 1. The minimum atomic E-state index is 0.644. The topological polar surface area (TPSA) is 25.4 Å². The van der Waals surface area contributed by atoms with Crippen LogP contribution in [0.2, 0.25) is 5.02 Å². The summed E-state index contributed by atoms with van der Waals surface area (Å²) in [7, 11) is 1.99. The van der Waals surface area contributed by atoms with Gasteiger partial charge in [0.15, 0.2) is 0 Å². The molecule has 1 aliphatic heterocycles. The van der Waals surface area contributed by atoms with Crippen LogP contribution in [0, 0.1) is 0 Å².